The number of rotatable bonds is 2. The Morgan fingerprint density at radius 2 is 1.71 bits per heavy atom. The molecule has 1 N–H and O–H groups in total. The first-order chi connectivity index (χ1) is 9.54. The number of nitrogens with zero attached hydrogens (tertiary/aromatic N) is 2. The fourth-order valence-corrected chi connectivity index (χ4v) is 2.15. The first kappa shape index (κ1) is 14.7. The fourth-order valence-electron chi connectivity index (χ4n) is 2.15. The summed E-state index contributed by atoms with van der Waals surface area (Å²) in [5, 5.41) is 10.6. The molecule has 0 saturated heterocycles. The van der Waals surface area contributed by atoms with Crippen LogP contribution in [0, 0.1) is 24.0 Å². The maximum Gasteiger partial charge on any atom is 0.269 e. The zero-order valence-electron chi connectivity index (χ0n) is 11.2. The number of aromatic nitrogens is 2. The van der Waals surface area contributed by atoms with Gasteiger partial charge in [-0.2, -0.15) is 0 Å². The second-order valence-electron chi connectivity index (χ2n) is 4.84. The Hall–Kier alpha value is -2.69. The number of benzene rings is 2. The molecule has 0 aliphatic heterocycles. The Kier molecular flexibility index (Phi) is 3.76. The summed E-state index contributed by atoms with van der Waals surface area (Å²) in [4.78, 5) is 18.0. The number of aromatic amines is 1. The van der Waals surface area contributed by atoms with Crippen LogP contribution < -0.4 is 0 Å². The highest BCUT2D eigenvalue weighted by Gasteiger charge is 2.09. The van der Waals surface area contributed by atoms with Crippen molar-refractivity contribution in [1.29, 1.82) is 0 Å². The van der Waals surface area contributed by atoms with Crippen LogP contribution >= 0.6 is 0 Å². The topological polar surface area (TPSA) is 71.8 Å². The van der Waals surface area contributed by atoms with E-state index >= 15 is 0 Å². The summed E-state index contributed by atoms with van der Waals surface area (Å²) in [6.45, 7) is 4.11. The van der Waals surface area contributed by atoms with E-state index in [1.165, 1.54) is 23.3 Å². The normalized spacial score (nSPS) is 10.4. The number of nitrogens with one attached hydrogen (secondary N) is 1. The SMILES string of the molecule is C.Cc1cc2nc(-c3ccc([N+](=O)[O-])cc3)[nH]c2cc1C. The van der Waals surface area contributed by atoms with Crippen LogP contribution in [0.2, 0.25) is 0 Å². The van der Waals surface area contributed by atoms with Crippen LogP contribution in [0.25, 0.3) is 22.4 Å². The van der Waals surface area contributed by atoms with Crippen molar-refractivity contribution < 1.29 is 4.92 Å². The van der Waals surface area contributed by atoms with Crippen molar-refractivity contribution in [3.8, 4) is 11.4 Å². The highest BCUT2D eigenvalue weighted by atomic mass is 16.6. The number of imidazole rings is 1. The van der Waals surface area contributed by atoms with Crippen molar-refractivity contribution in [3.05, 3.63) is 57.6 Å². The molecule has 0 bridgehead atoms. The number of fused-ring (bicyclic) bond motifs is 1. The molecule has 5 nitrogen and oxygen atoms in total. The predicted molar refractivity (Wildman–Crippen MR) is 84.4 cm³/mol. The highest BCUT2D eigenvalue weighted by molar-refractivity contribution is 5.81. The summed E-state index contributed by atoms with van der Waals surface area (Å²) in [5.74, 6) is 0.722. The number of hydrogen-bond acceptors (Lipinski definition) is 3. The average molecular weight is 283 g/mol. The van der Waals surface area contributed by atoms with E-state index in [0.717, 1.165) is 22.4 Å². The van der Waals surface area contributed by atoms with Gasteiger partial charge in [0.2, 0.25) is 0 Å². The third-order valence-electron chi connectivity index (χ3n) is 3.45. The molecule has 0 unspecified atom stereocenters. The van der Waals surface area contributed by atoms with Crippen LogP contribution in [-0.4, -0.2) is 14.9 Å². The first-order valence-corrected chi connectivity index (χ1v) is 6.26. The van der Waals surface area contributed by atoms with Gasteiger partial charge in [-0.1, -0.05) is 7.43 Å². The van der Waals surface area contributed by atoms with Crippen LogP contribution in [-0.2, 0) is 0 Å². The van der Waals surface area contributed by atoms with Gasteiger partial charge in [0.25, 0.3) is 5.69 Å². The van der Waals surface area contributed by atoms with Gasteiger partial charge in [0.15, 0.2) is 0 Å². The minimum absolute atomic E-state index is 0. The van der Waals surface area contributed by atoms with Crippen LogP contribution in [0.1, 0.15) is 18.6 Å². The second-order valence-corrected chi connectivity index (χ2v) is 4.84. The molecule has 1 aromatic heterocycles. The maximum absolute atomic E-state index is 10.6. The Bertz CT molecular complexity index is 765. The quantitative estimate of drug-likeness (QED) is 0.560. The van der Waals surface area contributed by atoms with Crippen molar-refractivity contribution in [2.24, 2.45) is 0 Å². The van der Waals surface area contributed by atoms with E-state index in [2.05, 4.69) is 29.9 Å². The molecular formula is C16H17N3O2. The summed E-state index contributed by atoms with van der Waals surface area (Å²) < 4.78 is 0. The molecule has 0 atom stereocenters. The molecule has 0 aliphatic rings. The first-order valence-electron chi connectivity index (χ1n) is 6.26. The van der Waals surface area contributed by atoms with Gasteiger partial charge >= 0.3 is 0 Å². The molecule has 0 radical (unpaired) electrons. The summed E-state index contributed by atoms with van der Waals surface area (Å²) in [5.41, 5.74) is 5.19. The average Bonchev–Trinajstić information content (AvgIpc) is 2.82. The van der Waals surface area contributed by atoms with E-state index in [0.29, 0.717) is 0 Å². The predicted octanol–water partition coefficient (Wildman–Crippen LogP) is 4.39. The molecule has 0 saturated carbocycles. The summed E-state index contributed by atoms with van der Waals surface area (Å²) in [6.07, 6.45) is 0. The zero-order chi connectivity index (χ0) is 14.3. The van der Waals surface area contributed by atoms with Gasteiger partial charge in [0.1, 0.15) is 5.82 Å². The lowest BCUT2D eigenvalue weighted by molar-refractivity contribution is -0.384. The lowest BCUT2D eigenvalue weighted by Gasteiger charge is -1.97. The number of nitro benzene ring substituents is 1. The molecule has 3 aromatic rings. The lowest BCUT2D eigenvalue weighted by atomic mass is 10.1. The molecule has 5 heteroatoms. The molecule has 108 valence electrons. The van der Waals surface area contributed by atoms with Crippen LogP contribution in [0.5, 0.6) is 0 Å². The number of nitro groups is 1. The van der Waals surface area contributed by atoms with E-state index < -0.39 is 4.92 Å². The van der Waals surface area contributed by atoms with Crippen molar-refractivity contribution in [2.75, 3.05) is 0 Å². The zero-order valence-corrected chi connectivity index (χ0v) is 11.2. The maximum atomic E-state index is 10.6. The highest BCUT2D eigenvalue weighted by Crippen LogP contribution is 2.24. The fraction of sp³-hybridized carbons (Fsp3) is 0.188. The van der Waals surface area contributed by atoms with Crippen LogP contribution in [0.3, 0.4) is 0 Å². The largest absolute Gasteiger partial charge is 0.338 e. The van der Waals surface area contributed by atoms with E-state index in [1.54, 1.807) is 12.1 Å². The van der Waals surface area contributed by atoms with E-state index in [9.17, 15) is 10.1 Å². The molecular weight excluding hydrogens is 266 g/mol. The van der Waals surface area contributed by atoms with Crippen molar-refractivity contribution >= 4 is 16.7 Å². The molecule has 3 rings (SSSR count). The van der Waals surface area contributed by atoms with E-state index in [4.69, 9.17) is 0 Å². The molecule has 0 fully saturated rings. The van der Waals surface area contributed by atoms with E-state index in [1.807, 2.05) is 6.07 Å². The second kappa shape index (κ2) is 5.36. The summed E-state index contributed by atoms with van der Waals surface area (Å²) >= 11 is 0. The summed E-state index contributed by atoms with van der Waals surface area (Å²) in [7, 11) is 0. The molecule has 0 aliphatic carbocycles. The number of H-pyrrole nitrogens is 1. The van der Waals surface area contributed by atoms with Crippen LogP contribution in [0.4, 0.5) is 5.69 Å². The van der Waals surface area contributed by atoms with Crippen LogP contribution in [0.15, 0.2) is 36.4 Å². The van der Waals surface area contributed by atoms with Gasteiger partial charge in [-0.05, 0) is 49.2 Å². The third-order valence-corrected chi connectivity index (χ3v) is 3.45. The van der Waals surface area contributed by atoms with E-state index in [-0.39, 0.29) is 13.1 Å². The monoisotopic (exact) mass is 283 g/mol. The smallest absolute Gasteiger partial charge is 0.269 e. The molecule has 0 spiro atoms. The Morgan fingerprint density at radius 1 is 1.10 bits per heavy atom. The van der Waals surface area contributed by atoms with Gasteiger partial charge < -0.3 is 4.98 Å². The van der Waals surface area contributed by atoms with Gasteiger partial charge in [-0.15, -0.1) is 0 Å². The Morgan fingerprint density at radius 3 is 2.33 bits per heavy atom. The lowest BCUT2D eigenvalue weighted by Crippen LogP contribution is -1.87. The Labute approximate surface area is 122 Å². The Balaban J connectivity index is 0.00000161. The minimum Gasteiger partial charge on any atom is -0.338 e. The van der Waals surface area contributed by atoms with Gasteiger partial charge in [0, 0.05) is 17.7 Å². The molecule has 21 heavy (non-hydrogen) atoms. The van der Waals surface area contributed by atoms with Gasteiger partial charge in [-0.25, -0.2) is 4.98 Å². The standard InChI is InChI=1S/C15H13N3O2.CH4/c1-9-7-13-14(8-10(9)2)17-15(16-13)11-3-5-12(6-4-11)18(19)20;/h3-8H,1-2H3,(H,16,17);1H4. The van der Waals surface area contributed by atoms with Crippen molar-refractivity contribution in [2.45, 2.75) is 21.3 Å². The number of hydrogen-bond donors (Lipinski definition) is 1. The number of aryl methyl sites for hydroxylation is 2. The van der Waals surface area contributed by atoms with Crippen molar-refractivity contribution in [1.82, 2.24) is 9.97 Å². The molecule has 2 aromatic carbocycles. The van der Waals surface area contributed by atoms with Crippen molar-refractivity contribution in [3.63, 3.8) is 0 Å². The number of non-ortho nitro benzene ring substituents is 1. The van der Waals surface area contributed by atoms with Gasteiger partial charge in [0.05, 0.1) is 16.0 Å². The van der Waals surface area contributed by atoms with Gasteiger partial charge in [-0.3, -0.25) is 10.1 Å². The summed E-state index contributed by atoms with van der Waals surface area (Å²) in [6, 6.07) is 10.5. The molecule has 1 heterocycles. The minimum atomic E-state index is -0.408. The third kappa shape index (κ3) is 2.63. The molecule has 0 amide bonds.